The summed E-state index contributed by atoms with van der Waals surface area (Å²) < 4.78 is 32.6. The monoisotopic (exact) mass is 372 g/mol. The molecule has 1 fully saturated rings. The van der Waals surface area contributed by atoms with Crippen molar-refractivity contribution < 1.29 is 23.1 Å². The van der Waals surface area contributed by atoms with Crippen molar-refractivity contribution >= 4 is 29.3 Å². The van der Waals surface area contributed by atoms with Crippen LogP contribution in [-0.4, -0.2) is 28.5 Å². The number of ether oxygens (including phenoxy) is 1. The number of halogens is 3. The van der Waals surface area contributed by atoms with Gasteiger partial charge < -0.3 is 4.74 Å². The minimum atomic E-state index is -2.82. The number of amides is 2. The van der Waals surface area contributed by atoms with E-state index in [1.807, 2.05) is 0 Å². The molecular formula is C17H19ClF2N2O3. The van der Waals surface area contributed by atoms with Gasteiger partial charge in [0.15, 0.2) is 0 Å². The molecular weight excluding hydrogens is 354 g/mol. The summed E-state index contributed by atoms with van der Waals surface area (Å²) in [5, 5.41) is 0.147. The summed E-state index contributed by atoms with van der Waals surface area (Å²) in [6.45, 7) is 5.05. The molecule has 25 heavy (non-hydrogen) atoms. The molecule has 1 aliphatic heterocycles. The smallest absolute Gasteiger partial charge is 0.421 e. The topological polar surface area (TPSA) is 59.5 Å². The van der Waals surface area contributed by atoms with Crippen molar-refractivity contribution in [2.24, 2.45) is 0 Å². The Hall–Kier alpha value is -1.76. The maximum atomic E-state index is 13.6. The summed E-state index contributed by atoms with van der Waals surface area (Å²) in [5.41, 5.74) is -1.51. The molecule has 0 atom stereocenters. The molecule has 8 heteroatoms. The third kappa shape index (κ3) is 3.10. The van der Waals surface area contributed by atoms with Crippen LogP contribution in [0.5, 0.6) is 0 Å². The molecule has 0 saturated heterocycles. The average molecular weight is 373 g/mol. The van der Waals surface area contributed by atoms with Gasteiger partial charge >= 0.3 is 6.09 Å². The Bertz CT molecular complexity index is 736. The predicted octanol–water partition coefficient (Wildman–Crippen LogP) is 4.46. The highest BCUT2D eigenvalue weighted by Gasteiger charge is 2.58. The van der Waals surface area contributed by atoms with Crippen molar-refractivity contribution in [3.63, 3.8) is 0 Å². The number of rotatable bonds is 0. The van der Waals surface area contributed by atoms with E-state index in [1.54, 1.807) is 20.8 Å². The molecule has 1 saturated carbocycles. The van der Waals surface area contributed by atoms with Gasteiger partial charge in [0.05, 0.1) is 16.8 Å². The van der Waals surface area contributed by atoms with Crippen molar-refractivity contribution in [3.05, 3.63) is 23.0 Å². The lowest BCUT2D eigenvalue weighted by Crippen LogP contribution is -2.48. The first-order chi connectivity index (χ1) is 11.5. The number of alkyl halides is 2. The summed E-state index contributed by atoms with van der Waals surface area (Å²) in [6.07, 6.45) is -1.88. The van der Waals surface area contributed by atoms with Crippen LogP contribution in [0.3, 0.4) is 0 Å². The zero-order valence-electron chi connectivity index (χ0n) is 14.2. The largest absolute Gasteiger partial charge is 0.443 e. The fourth-order valence-corrected chi connectivity index (χ4v) is 3.51. The number of hydrogen-bond donors (Lipinski definition) is 0. The third-order valence-electron chi connectivity index (χ3n) is 4.56. The lowest BCUT2D eigenvalue weighted by Gasteiger charge is -2.35. The Morgan fingerprint density at radius 3 is 2.40 bits per heavy atom. The van der Waals surface area contributed by atoms with Gasteiger partial charge in [-0.1, -0.05) is 11.6 Å². The lowest BCUT2D eigenvalue weighted by atomic mass is 9.71. The fourth-order valence-electron chi connectivity index (χ4n) is 3.37. The average Bonchev–Trinajstić information content (AvgIpc) is 2.70. The van der Waals surface area contributed by atoms with E-state index < -0.39 is 41.8 Å². The van der Waals surface area contributed by atoms with Crippen LogP contribution in [-0.2, 0) is 14.9 Å². The summed E-state index contributed by atoms with van der Waals surface area (Å²) in [5.74, 6) is -3.38. The van der Waals surface area contributed by atoms with Crippen molar-refractivity contribution in [1.29, 1.82) is 0 Å². The van der Waals surface area contributed by atoms with Crippen LogP contribution >= 0.6 is 11.6 Å². The zero-order chi connectivity index (χ0) is 18.6. The van der Waals surface area contributed by atoms with Gasteiger partial charge in [0.25, 0.3) is 0 Å². The van der Waals surface area contributed by atoms with Gasteiger partial charge in [0.1, 0.15) is 10.8 Å². The highest BCUT2D eigenvalue weighted by atomic mass is 35.5. The molecule has 136 valence electrons. The number of imide groups is 1. The van der Waals surface area contributed by atoms with Crippen LogP contribution in [0.15, 0.2) is 12.1 Å². The van der Waals surface area contributed by atoms with Gasteiger partial charge in [-0.05, 0) is 45.7 Å². The molecule has 2 heterocycles. The van der Waals surface area contributed by atoms with Crippen LogP contribution in [0.2, 0.25) is 5.15 Å². The third-order valence-corrected chi connectivity index (χ3v) is 4.77. The standard InChI is InChI=1S/C17H19ClF2N2O3/c1-15(2,3)25-14(24)22-10-4-5-11(18)21-12(10)16(13(22)23)6-8-17(19,20)9-7-16/h4-5H,6-9H2,1-3H3. The van der Waals surface area contributed by atoms with Gasteiger partial charge in [-0.25, -0.2) is 23.5 Å². The summed E-state index contributed by atoms with van der Waals surface area (Å²) in [4.78, 5) is 30.8. The number of aromatic nitrogens is 1. The molecule has 0 radical (unpaired) electrons. The van der Waals surface area contributed by atoms with E-state index in [0.29, 0.717) is 0 Å². The van der Waals surface area contributed by atoms with E-state index >= 15 is 0 Å². The Morgan fingerprint density at radius 1 is 1.24 bits per heavy atom. The molecule has 0 N–H and O–H groups in total. The predicted molar refractivity (Wildman–Crippen MR) is 88.1 cm³/mol. The van der Waals surface area contributed by atoms with Crippen molar-refractivity contribution in [1.82, 2.24) is 4.98 Å². The number of carbonyl (C=O) groups excluding carboxylic acids is 2. The van der Waals surface area contributed by atoms with E-state index in [2.05, 4.69) is 4.98 Å². The minimum absolute atomic E-state index is 0.0848. The van der Waals surface area contributed by atoms with Crippen molar-refractivity contribution in [3.8, 4) is 0 Å². The Labute approximate surface area is 149 Å². The minimum Gasteiger partial charge on any atom is -0.443 e. The number of fused-ring (bicyclic) bond motifs is 2. The number of carbonyl (C=O) groups is 2. The van der Waals surface area contributed by atoms with Crippen molar-refractivity contribution in [2.75, 3.05) is 4.90 Å². The van der Waals surface area contributed by atoms with E-state index in [-0.39, 0.29) is 29.4 Å². The maximum Gasteiger partial charge on any atom is 0.421 e. The van der Waals surface area contributed by atoms with Crippen LogP contribution in [0.25, 0.3) is 0 Å². The second-order valence-electron chi connectivity index (χ2n) is 7.56. The SMILES string of the molecule is CC(C)(C)OC(=O)N1C(=O)C2(CCC(F)(F)CC2)c2nc(Cl)ccc21. The molecule has 0 aromatic carbocycles. The molecule has 1 spiro atoms. The maximum absolute atomic E-state index is 13.6. The van der Waals surface area contributed by atoms with Gasteiger partial charge in [-0.3, -0.25) is 4.79 Å². The van der Waals surface area contributed by atoms with Gasteiger partial charge in [-0.15, -0.1) is 0 Å². The van der Waals surface area contributed by atoms with Crippen molar-refractivity contribution in [2.45, 2.75) is 63.4 Å². The van der Waals surface area contributed by atoms with E-state index in [1.165, 1.54) is 12.1 Å². The first-order valence-electron chi connectivity index (χ1n) is 8.08. The Kier molecular flexibility index (Phi) is 4.06. The second kappa shape index (κ2) is 5.62. The molecule has 1 aromatic heterocycles. The van der Waals surface area contributed by atoms with Crippen LogP contribution in [0.4, 0.5) is 19.3 Å². The van der Waals surface area contributed by atoms with Gasteiger partial charge in [0, 0.05) is 12.8 Å². The molecule has 3 rings (SSSR count). The molecule has 0 bridgehead atoms. The first kappa shape index (κ1) is 18.0. The van der Waals surface area contributed by atoms with E-state index in [9.17, 15) is 18.4 Å². The van der Waals surface area contributed by atoms with Gasteiger partial charge in [-0.2, -0.15) is 0 Å². The number of hydrogen-bond acceptors (Lipinski definition) is 4. The molecule has 0 unspecified atom stereocenters. The van der Waals surface area contributed by atoms with E-state index in [0.717, 1.165) is 4.90 Å². The number of anilines is 1. The summed E-state index contributed by atoms with van der Waals surface area (Å²) in [7, 11) is 0. The quantitative estimate of drug-likeness (QED) is 0.631. The zero-order valence-corrected chi connectivity index (χ0v) is 15.0. The highest BCUT2D eigenvalue weighted by Crippen LogP contribution is 2.52. The molecule has 2 aliphatic rings. The normalized spacial score (nSPS) is 21.4. The first-order valence-corrected chi connectivity index (χ1v) is 8.45. The number of pyridine rings is 1. The Morgan fingerprint density at radius 2 is 1.84 bits per heavy atom. The molecule has 1 aromatic rings. The van der Waals surface area contributed by atoms with Crippen LogP contribution < -0.4 is 4.90 Å². The second-order valence-corrected chi connectivity index (χ2v) is 7.95. The fraction of sp³-hybridized carbons (Fsp3) is 0.588. The molecule has 5 nitrogen and oxygen atoms in total. The van der Waals surface area contributed by atoms with E-state index in [4.69, 9.17) is 16.3 Å². The number of nitrogens with zero attached hydrogens (tertiary/aromatic N) is 2. The summed E-state index contributed by atoms with van der Waals surface area (Å²) in [6, 6.07) is 2.97. The highest BCUT2D eigenvalue weighted by molar-refractivity contribution is 6.30. The Balaban J connectivity index is 2.05. The summed E-state index contributed by atoms with van der Waals surface area (Å²) >= 11 is 5.96. The van der Waals surface area contributed by atoms with Crippen LogP contribution in [0.1, 0.15) is 52.1 Å². The van der Waals surface area contributed by atoms with Crippen LogP contribution in [0, 0.1) is 0 Å². The molecule has 1 aliphatic carbocycles. The molecule has 2 amide bonds. The lowest BCUT2D eigenvalue weighted by molar-refractivity contribution is -0.128. The van der Waals surface area contributed by atoms with Gasteiger partial charge in [0.2, 0.25) is 11.8 Å².